The molecule has 0 saturated heterocycles. The third-order valence-electron chi connectivity index (χ3n) is 5.61. The fourth-order valence-corrected chi connectivity index (χ4v) is 3.89. The van der Waals surface area contributed by atoms with Gasteiger partial charge in [-0.2, -0.15) is 0 Å². The highest BCUT2D eigenvalue weighted by Gasteiger charge is 2.32. The van der Waals surface area contributed by atoms with E-state index in [0.717, 1.165) is 11.3 Å². The van der Waals surface area contributed by atoms with Crippen LogP contribution in [0.2, 0.25) is 0 Å². The average molecular weight is 491 g/mol. The Morgan fingerprint density at radius 1 is 0.917 bits per heavy atom. The van der Waals surface area contributed by atoms with Gasteiger partial charge in [0.05, 0.1) is 6.61 Å². The van der Waals surface area contributed by atoms with Crippen LogP contribution >= 0.6 is 0 Å². The van der Waals surface area contributed by atoms with Crippen LogP contribution < -0.4 is 10.1 Å². The van der Waals surface area contributed by atoms with Gasteiger partial charge in [0.15, 0.2) is 0 Å². The van der Waals surface area contributed by atoms with Crippen LogP contribution in [-0.4, -0.2) is 34.9 Å². The number of carbonyl (C=O) groups excluding carboxylic acids is 2. The van der Waals surface area contributed by atoms with Gasteiger partial charge in [-0.05, 0) is 51.0 Å². The van der Waals surface area contributed by atoms with Crippen molar-refractivity contribution in [1.82, 2.24) is 10.2 Å². The molecule has 0 heterocycles. The zero-order valence-electron chi connectivity index (χ0n) is 21.2. The maximum absolute atomic E-state index is 14.6. The van der Waals surface area contributed by atoms with Crippen LogP contribution in [0.15, 0.2) is 84.9 Å². The third-order valence-corrected chi connectivity index (χ3v) is 5.61. The Bertz CT molecular complexity index is 1110. The molecule has 6 heteroatoms. The number of nitrogens with one attached hydrogen (secondary N) is 1. The number of nitrogens with zero attached hydrogens (tertiary/aromatic N) is 1. The number of benzene rings is 3. The predicted molar refractivity (Wildman–Crippen MR) is 140 cm³/mol. The summed E-state index contributed by atoms with van der Waals surface area (Å²) in [4.78, 5) is 28.5. The van der Waals surface area contributed by atoms with E-state index in [9.17, 15) is 14.0 Å². The van der Waals surface area contributed by atoms with Crippen molar-refractivity contribution < 1.29 is 18.7 Å². The topological polar surface area (TPSA) is 58.6 Å². The summed E-state index contributed by atoms with van der Waals surface area (Å²) in [5, 5.41) is 3.01. The number of halogens is 1. The largest absolute Gasteiger partial charge is 0.494 e. The summed E-state index contributed by atoms with van der Waals surface area (Å²) in [6.45, 7) is 6.05. The highest BCUT2D eigenvalue weighted by Crippen LogP contribution is 2.19. The molecule has 0 aliphatic carbocycles. The molecule has 1 atom stereocenters. The molecule has 0 saturated carbocycles. The number of amides is 2. The Hall–Kier alpha value is -3.67. The van der Waals surface area contributed by atoms with Gasteiger partial charge in [0, 0.05) is 30.5 Å². The molecule has 3 aromatic rings. The summed E-state index contributed by atoms with van der Waals surface area (Å²) in [5.74, 6) is -0.159. The molecule has 0 aliphatic rings. The Kier molecular flexibility index (Phi) is 9.62. The van der Waals surface area contributed by atoms with Gasteiger partial charge < -0.3 is 15.0 Å². The summed E-state index contributed by atoms with van der Waals surface area (Å²) in [6.07, 6.45) is 0.972. The van der Waals surface area contributed by atoms with Crippen molar-refractivity contribution in [2.75, 3.05) is 6.61 Å². The Labute approximate surface area is 213 Å². The van der Waals surface area contributed by atoms with Crippen LogP contribution in [0.3, 0.4) is 0 Å². The molecule has 2 amide bonds. The molecule has 0 bridgehead atoms. The van der Waals surface area contributed by atoms with Gasteiger partial charge in [-0.15, -0.1) is 0 Å². The number of carbonyl (C=O) groups is 2. The van der Waals surface area contributed by atoms with Gasteiger partial charge in [0.2, 0.25) is 11.8 Å². The number of para-hydroxylation sites is 1. The van der Waals surface area contributed by atoms with Crippen LogP contribution in [0.4, 0.5) is 4.39 Å². The lowest BCUT2D eigenvalue weighted by atomic mass is 10.00. The maximum Gasteiger partial charge on any atom is 0.243 e. The van der Waals surface area contributed by atoms with E-state index in [0.29, 0.717) is 25.0 Å². The molecule has 36 heavy (non-hydrogen) atoms. The molecule has 1 N–H and O–H groups in total. The van der Waals surface area contributed by atoms with Crippen LogP contribution in [0, 0.1) is 5.82 Å². The molecule has 0 aromatic heterocycles. The molecule has 0 aliphatic heterocycles. The Morgan fingerprint density at radius 3 is 2.17 bits per heavy atom. The molecule has 190 valence electrons. The fourth-order valence-electron chi connectivity index (χ4n) is 3.89. The highest BCUT2D eigenvalue weighted by molar-refractivity contribution is 5.88. The van der Waals surface area contributed by atoms with Gasteiger partial charge in [-0.1, -0.05) is 66.7 Å². The van der Waals surface area contributed by atoms with Gasteiger partial charge >= 0.3 is 0 Å². The average Bonchev–Trinajstić information content (AvgIpc) is 2.85. The van der Waals surface area contributed by atoms with Crippen molar-refractivity contribution >= 4 is 11.8 Å². The van der Waals surface area contributed by atoms with Crippen LogP contribution in [-0.2, 0) is 22.6 Å². The first-order valence-corrected chi connectivity index (χ1v) is 12.3. The lowest BCUT2D eigenvalue weighted by Gasteiger charge is -2.34. The molecule has 0 radical (unpaired) electrons. The standard InChI is InChI=1S/C30H35FN2O3/c1-30(2,3)32-29(35)27(21-23-13-6-4-7-14-23)33(22-24-15-10-11-18-26(24)31)28(34)19-12-20-36-25-16-8-5-9-17-25/h4-11,13-18,27H,12,19-22H2,1-3H3,(H,32,35). The molecule has 5 nitrogen and oxygen atoms in total. The van der Waals surface area contributed by atoms with Crippen molar-refractivity contribution in [2.45, 2.75) is 58.2 Å². The van der Waals surface area contributed by atoms with Crippen molar-refractivity contribution in [3.05, 3.63) is 102 Å². The van der Waals surface area contributed by atoms with E-state index in [1.807, 2.05) is 81.4 Å². The van der Waals surface area contributed by atoms with Crippen molar-refractivity contribution in [3.63, 3.8) is 0 Å². The van der Waals surface area contributed by atoms with Crippen molar-refractivity contribution in [1.29, 1.82) is 0 Å². The molecular formula is C30H35FN2O3. The van der Waals surface area contributed by atoms with E-state index < -0.39 is 17.4 Å². The second kappa shape index (κ2) is 12.9. The summed E-state index contributed by atoms with van der Waals surface area (Å²) in [7, 11) is 0. The Morgan fingerprint density at radius 2 is 1.53 bits per heavy atom. The zero-order chi connectivity index (χ0) is 26.0. The van der Waals surface area contributed by atoms with E-state index in [1.165, 1.54) is 11.0 Å². The second-order valence-corrected chi connectivity index (χ2v) is 9.82. The minimum atomic E-state index is -0.797. The lowest BCUT2D eigenvalue weighted by Crippen LogP contribution is -2.54. The quantitative estimate of drug-likeness (QED) is 0.359. The lowest BCUT2D eigenvalue weighted by molar-refractivity contribution is -0.142. The molecule has 3 rings (SSSR count). The van der Waals surface area contributed by atoms with E-state index >= 15 is 0 Å². The minimum Gasteiger partial charge on any atom is -0.494 e. The summed E-state index contributed by atoms with van der Waals surface area (Å²) >= 11 is 0. The number of hydrogen-bond donors (Lipinski definition) is 1. The SMILES string of the molecule is CC(C)(C)NC(=O)C(Cc1ccccc1)N(Cc1ccccc1F)C(=O)CCCOc1ccccc1. The van der Waals surface area contributed by atoms with Gasteiger partial charge in [0.1, 0.15) is 17.6 Å². The summed E-state index contributed by atoms with van der Waals surface area (Å²) < 4.78 is 20.3. The molecular weight excluding hydrogens is 455 g/mol. The number of hydrogen-bond acceptors (Lipinski definition) is 3. The van der Waals surface area contributed by atoms with Gasteiger partial charge in [-0.3, -0.25) is 9.59 Å². The number of rotatable bonds is 11. The number of ether oxygens (including phenoxy) is 1. The fraction of sp³-hybridized carbons (Fsp3) is 0.333. The minimum absolute atomic E-state index is 0.000111. The van der Waals surface area contributed by atoms with Crippen molar-refractivity contribution in [2.24, 2.45) is 0 Å². The monoisotopic (exact) mass is 490 g/mol. The molecule has 0 fully saturated rings. The van der Waals surface area contributed by atoms with Crippen molar-refractivity contribution in [3.8, 4) is 5.75 Å². The normalized spacial score (nSPS) is 12.0. The zero-order valence-corrected chi connectivity index (χ0v) is 21.2. The first-order chi connectivity index (χ1) is 17.2. The smallest absolute Gasteiger partial charge is 0.243 e. The highest BCUT2D eigenvalue weighted by atomic mass is 19.1. The van der Waals surface area contributed by atoms with E-state index in [-0.39, 0.29) is 24.8 Å². The van der Waals surface area contributed by atoms with E-state index in [4.69, 9.17) is 4.74 Å². The van der Waals surface area contributed by atoms with Gasteiger partial charge in [-0.25, -0.2) is 4.39 Å². The second-order valence-electron chi connectivity index (χ2n) is 9.82. The van der Waals surface area contributed by atoms with Gasteiger partial charge in [0.25, 0.3) is 0 Å². The summed E-state index contributed by atoms with van der Waals surface area (Å²) in [6, 6.07) is 24.5. The van der Waals surface area contributed by atoms with E-state index in [2.05, 4.69) is 5.32 Å². The predicted octanol–water partition coefficient (Wildman–Crippen LogP) is 5.54. The van der Waals surface area contributed by atoms with Crippen LogP contribution in [0.5, 0.6) is 5.75 Å². The first-order valence-electron chi connectivity index (χ1n) is 12.3. The Balaban J connectivity index is 1.83. The first kappa shape index (κ1) is 26.9. The molecule has 0 spiro atoms. The third kappa shape index (κ3) is 8.52. The molecule has 1 unspecified atom stereocenters. The molecule has 3 aromatic carbocycles. The maximum atomic E-state index is 14.6. The van der Waals surface area contributed by atoms with Crippen LogP contribution in [0.25, 0.3) is 0 Å². The summed E-state index contributed by atoms with van der Waals surface area (Å²) in [5.41, 5.74) is 0.806. The van der Waals surface area contributed by atoms with Crippen LogP contribution in [0.1, 0.15) is 44.7 Å². The van der Waals surface area contributed by atoms with E-state index in [1.54, 1.807) is 18.2 Å².